The number of piperidine rings is 1. The number of imidazole rings is 1. The molecular weight excluding hydrogens is 440 g/mol. The van der Waals surface area contributed by atoms with Crippen LogP contribution in [0.2, 0.25) is 5.02 Å². The van der Waals surface area contributed by atoms with Crippen molar-refractivity contribution in [3.63, 3.8) is 0 Å². The van der Waals surface area contributed by atoms with Crippen LogP contribution in [0.25, 0.3) is 5.78 Å². The number of aryl methyl sites for hydroxylation is 1. The van der Waals surface area contributed by atoms with Crippen LogP contribution in [0.5, 0.6) is 0 Å². The minimum Gasteiger partial charge on any atom is -0.371 e. The Morgan fingerprint density at radius 2 is 2.00 bits per heavy atom. The minimum atomic E-state index is -2.72. The van der Waals surface area contributed by atoms with E-state index in [0.29, 0.717) is 61.1 Å². The molecule has 0 unspecified atom stereocenters. The zero-order valence-electron chi connectivity index (χ0n) is 17.6. The molecule has 0 spiro atoms. The number of rotatable bonds is 7. The van der Waals surface area contributed by atoms with Gasteiger partial charge in [-0.3, -0.25) is 9.20 Å². The number of nitrogens with zero attached hydrogens (tertiary/aromatic N) is 4. The fraction of sp³-hybridized carbons (Fsp3) is 0.409. The van der Waals surface area contributed by atoms with Crippen LogP contribution < -0.4 is 10.2 Å². The standard InChI is InChI=1S/C22H24ClF2N5O2/c1-2-18-19(30-13-15(23)12-27-22(30)28-18)20(31)26-11-14-3-5-16(6-4-14)29-9-7-17(8-10-29)32-21(24)25/h3-6,12-13,17,21H,2,7-11H2,1H3,(H,26,31). The largest absolute Gasteiger partial charge is 0.371 e. The highest BCUT2D eigenvalue weighted by atomic mass is 35.5. The molecular formula is C22H24ClF2N5O2. The van der Waals surface area contributed by atoms with Gasteiger partial charge in [-0.2, -0.15) is 8.78 Å². The van der Waals surface area contributed by atoms with E-state index in [1.54, 1.807) is 10.6 Å². The second-order valence-corrected chi connectivity index (χ2v) is 8.07. The fourth-order valence-electron chi connectivity index (χ4n) is 3.93. The van der Waals surface area contributed by atoms with Crippen LogP contribution in [0.15, 0.2) is 36.7 Å². The Morgan fingerprint density at radius 3 is 2.66 bits per heavy atom. The molecule has 170 valence electrons. The number of nitrogens with one attached hydrogen (secondary N) is 1. The number of anilines is 1. The summed E-state index contributed by atoms with van der Waals surface area (Å²) in [5.41, 5.74) is 3.06. The van der Waals surface area contributed by atoms with E-state index >= 15 is 0 Å². The van der Waals surface area contributed by atoms with Crippen LogP contribution in [0.3, 0.4) is 0 Å². The van der Waals surface area contributed by atoms with Gasteiger partial charge in [0.1, 0.15) is 5.69 Å². The quantitative estimate of drug-likeness (QED) is 0.571. The highest BCUT2D eigenvalue weighted by Gasteiger charge is 2.23. The smallest absolute Gasteiger partial charge is 0.345 e. The summed E-state index contributed by atoms with van der Waals surface area (Å²) < 4.78 is 30.9. The summed E-state index contributed by atoms with van der Waals surface area (Å²) >= 11 is 6.04. The van der Waals surface area contributed by atoms with E-state index in [2.05, 4.69) is 24.9 Å². The molecule has 32 heavy (non-hydrogen) atoms. The van der Waals surface area contributed by atoms with Gasteiger partial charge >= 0.3 is 6.61 Å². The summed E-state index contributed by atoms with van der Waals surface area (Å²) in [4.78, 5) is 23.6. The molecule has 0 atom stereocenters. The second kappa shape index (κ2) is 9.79. The second-order valence-electron chi connectivity index (χ2n) is 7.64. The zero-order chi connectivity index (χ0) is 22.7. The van der Waals surface area contributed by atoms with E-state index in [4.69, 9.17) is 11.6 Å². The van der Waals surface area contributed by atoms with Crippen molar-refractivity contribution >= 4 is 29.0 Å². The average molecular weight is 464 g/mol. The number of fused-ring (bicyclic) bond motifs is 1. The first-order valence-electron chi connectivity index (χ1n) is 10.5. The predicted molar refractivity (Wildman–Crippen MR) is 117 cm³/mol. The van der Waals surface area contributed by atoms with E-state index in [9.17, 15) is 13.6 Å². The molecule has 1 aliphatic heterocycles. The van der Waals surface area contributed by atoms with Crippen molar-refractivity contribution in [3.8, 4) is 0 Å². The predicted octanol–water partition coefficient (Wildman–Crippen LogP) is 4.08. The van der Waals surface area contributed by atoms with Crippen LogP contribution >= 0.6 is 11.6 Å². The van der Waals surface area contributed by atoms with Crippen LogP contribution in [-0.4, -0.2) is 46.1 Å². The number of alkyl halides is 2. The van der Waals surface area contributed by atoms with Gasteiger partial charge < -0.3 is 15.0 Å². The highest BCUT2D eigenvalue weighted by Crippen LogP contribution is 2.23. The number of hydrogen-bond acceptors (Lipinski definition) is 5. The molecule has 2 aromatic heterocycles. The van der Waals surface area contributed by atoms with Crippen LogP contribution in [0.1, 0.15) is 41.5 Å². The first-order valence-corrected chi connectivity index (χ1v) is 10.9. The lowest BCUT2D eigenvalue weighted by atomic mass is 10.1. The molecule has 3 aromatic rings. The third-order valence-electron chi connectivity index (χ3n) is 5.56. The minimum absolute atomic E-state index is 0.247. The molecule has 0 saturated carbocycles. The highest BCUT2D eigenvalue weighted by molar-refractivity contribution is 6.30. The summed E-state index contributed by atoms with van der Waals surface area (Å²) in [6, 6.07) is 7.85. The number of aromatic nitrogens is 3. The van der Waals surface area contributed by atoms with Crippen LogP contribution in [0.4, 0.5) is 14.5 Å². The van der Waals surface area contributed by atoms with Gasteiger partial charge in [0, 0.05) is 31.5 Å². The van der Waals surface area contributed by atoms with Crippen molar-refractivity contribution in [1.82, 2.24) is 19.7 Å². The van der Waals surface area contributed by atoms with E-state index in [0.717, 1.165) is 11.3 Å². The fourth-order valence-corrected chi connectivity index (χ4v) is 4.08. The van der Waals surface area contributed by atoms with Crippen molar-refractivity contribution < 1.29 is 18.3 Å². The lowest BCUT2D eigenvalue weighted by molar-refractivity contribution is -0.166. The summed E-state index contributed by atoms with van der Waals surface area (Å²) in [5.74, 6) is 0.187. The number of ether oxygens (including phenoxy) is 1. The molecule has 1 aromatic carbocycles. The number of amides is 1. The number of carbonyl (C=O) groups excluding carboxylic acids is 1. The third kappa shape index (κ3) is 4.99. The van der Waals surface area contributed by atoms with Crippen molar-refractivity contribution in [2.45, 2.75) is 45.4 Å². The molecule has 7 nitrogen and oxygen atoms in total. The number of benzene rings is 1. The Bertz CT molecular complexity index is 1080. The van der Waals surface area contributed by atoms with E-state index < -0.39 is 12.7 Å². The maximum absolute atomic E-state index is 12.9. The summed E-state index contributed by atoms with van der Waals surface area (Å²) in [6.07, 6.45) is 4.48. The molecule has 0 radical (unpaired) electrons. The Kier molecular flexibility index (Phi) is 6.86. The Hall–Kier alpha value is -2.78. The number of halogens is 3. The zero-order valence-corrected chi connectivity index (χ0v) is 18.4. The Labute approximate surface area is 189 Å². The van der Waals surface area contributed by atoms with E-state index in [1.807, 2.05) is 31.2 Å². The lowest BCUT2D eigenvalue weighted by Crippen LogP contribution is -2.37. The molecule has 1 aliphatic rings. The molecule has 3 heterocycles. The van der Waals surface area contributed by atoms with Crippen LogP contribution in [0, 0.1) is 0 Å². The Morgan fingerprint density at radius 1 is 1.28 bits per heavy atom. The van der Waals surface area contributed by atoms with Gasteiger partial charge in [-0.05, 0) is 37.0 Å². The number of hydrogen-bond donors (Lipinski definition) is 1. The van der Waals surface area contributed by atoms with Gasteiger partial charge in [0.05, 0.1) is 23.0 Å². The monoisotopic (exact) mass is 463 g/mol. The van der Waals surface area contributed by atoms with Crippen molar-refractivity contribution in [3.05, 3.63) is 58.6 Å². The summed E-state index contributed by atoms with van der Waals surface area (Å²) in [6.45, 7) is 0.897. The normalized spacial score (nSPS) is 15.0. The molecule has 1 N–H and O–H groups in total. The molecule has 10 heteroatoms. The summed E-state index contributed by atoms with van der Waals surface area (Å²) in [5, 5.41) is 3.36. The van der Waals surface area contributed by atoms with Crippen molar-refractivity contribution in [2.75, 3.05) is 18.0 Å². The molecule has 1 saturated heterocycles. The third-order valence-corrected chi connectivity index (χ3v) is 5.76. The van der Waals surface area contributed by atoms with Gasteiger partial charge in [0.2, 0.25) is 5.78 Å². The van der Waals surface area contributed by atoms with Crippen molar-refractivity contribution in [2.24, 2.45) is 0 Å². The molecule has 0 aliphatic carbocycles. The first-order chi connectivity index (χ1) is 15.4. The van der Waals surface area contributed by atoms with Gasteiger partial charge in [-0.15, -0.1) is 0 Å². The Balaban J connectivity index is 1.37. The van der Waals surface area contributed by atoms with Gasteiger partial charge in [-0.1, -0.05) is 30.7 Å². The molecule has 1 fully saturated rings. The SMILES string of the molecule is CCc1nc2ncc(Cl)cn2c1C(=O)NCc1ccc(N2CCC(OC(F)F)CC2)cc1. The number of carbonyl (C=O) groups is 1. The molecule has 1 amide bonds. The molecule has 4 rings (SSSR count). The van der Waals surface area contributed by atoms with E-state index in [1.165, 1.54) is 6.20 Å². The lowest BCUT2D eigenvalue weighted by Gasteiger charge is -2.33. The van der Waals surface area contributed by atoms with Crippen molar-refractivity contribution in [1.29, 1.82) is 0 Å². The van der Waals surface area contributed by atoms with Gasteiger partial charge in [0.25, 0.3) is 5.91 Å². The topological polar surface area (TPSA) is 71.8 Å². The van der Waals surface area contributed by atoms with E-state index in [-0.39, 0.29) is 5.91 Å². The van der Waals surface area contributed by atoms with Gasteiger partial charge in [-0.25, -0.2) is 9.97 Å². The average Bonchev–Trinajstić information content (AvgIpc) is 3.16. The van der Waals surface area contributed by atoms with Crippen LogP contribution in [-0.2, 0) is 17.7 Å². The maximum atomic E-state index is 12.9. The summed E-state index contributed by atoms with van der Waals surface area (Å²) in [7, 11) is 0. The molecule has 0 bridgehead atoms. The first kappa shape index (κ1) is 22.4. The van der Waals surface area contributed by atoms with Gasteiger partial charge in [0.15, 0.2) is 0 Å². The maximum Gasteiger partial charge on any atom is 0.345 e.